The second-order valence-corrected chi connectivity index (χ2v) is 6.89. The Labute approximate surface area is 162 Å². The normalized spacial score (nSPS) is 10.9. The monoisotopic (exact) mass is 382 g/mol. The first-order valence-electron chi connectivity index (χ1n) is 9.09. The molecule has 146 valence electrons. The van der Waals surface area contributed by atoms with E-state index >= 15 is 0 Å². The van der Waals surface area contributed by atoms with Gasteiger partial charge in [-0.3, -0.25) is 18.6 Å². The quantitative estimate of drug-likeness (QED) is 0.636. The van der Waals surface area contributed by atoms with Crippen LogP contribution in [0.15, 0.2) is 53.1 Å². The Morgan fingerprint density at radius 2 is 1.89 bits per heavy atom. The number of carbonyl (C=O) groups excluding carboxylic acids is 1. The van der Waals surface area contributed by atoms with Crippen LogP contribution in [0, 0.1) is 5.82 Å². The summed E-state index contributed by atoms with van der Waals surface area (Å²) in [7, 11) is 1.68. The number of aromatic nitrogens is 3. The van der Waals surface area contributed by atoms with Crippen LogP contribution in [0.5, 0.6) is 0 Å². The number of benzene rings is 1. The number of allylic oxidation sites excluding steroid dienone is 2. The van der Waals surface area contributed by atoms with Gasteiger partial charge in [0.15, 0.2) is 0 Å². The van der Waals surface area contributed by atoms with Crippen LogP contribution in [-0.4, -0.2) is 38.4 Å². The van der Waals surface area contributed by atoms with E-state index in [1.54, 1.807) is 40.5 Å². The molecule has 0 aliphatic heterocycles. The van der Waals surface area contributed by atoms with E-state index in [0.717, 1.165) is 5.57 Å². The van der Waals surface area contributed by atoms with Gasteiger partial charge in [0.1, 0.15) is 11.5 Å². The molecule has 2 heterocycles. The predicted octanol–water partition coefficient (Wildman–Crippen LogP) is 3.36. The summed E-state index contributed by atoms with van der Waals surface area (Å²) in [6, 6.07) is 5.97. The molecule has 0 bridgehead atoms. The Balaban J connectivity index is 2.23. The standard InChI is InChI=1S/C21H23FN4O2/c1-5-24(4)20(27)17-12-25-13-18(15-6-8-16(22)9-7-15)26(11-10-14(2)3)21(28)19(25)23-17/h6-10,12-13H,5,11H2,1-4H3. The molecule has 0 saturated carbocycles. The van der Waals surface area contributed by atoms with E-state index in [9.17, 15) is 14.0 Å². The molecular formula is C21H23FN4O2. The lowest BCUT2D eigenvalue weighted by atomic mass is 10.1. The third kappa shape index (κ3) is 3.74. The lowest BCUT2D eigenvalue weighted by molar-refractivity contribution is 0.0797. The molecule has 6 nitrogen and oxygen atoms in total. The molecule has 0 fully saturated rings. The number of rotatable bonds is 5. The molecule has 3 aromatic rings. The van der Waals surface area contributed by atoms with Crippen molar-refractivity contribution in [3.05, 3.63) is 70.2 Å². The predicted molar refractivity (Wildman–Crippen MR) is 107 cm³/mol. The van der Waals surface area contributed by atoms with E-state index in [1.165, 1.54) is 17.0 Å². The molecule has 0 aliphatic rings. The SMILES string of the molecule is CCN(C)C(=O)c1cn2cc(-c3ccc(F)cc3)n(CC=C(C)C)c(=O)c2n1. The number of hydrogen-bond acceptors (Lipinski definition) is 3. The van der Waals surface area contributed by atoms with Crippen molar-refractivity contribution < 1.29 is 9.18 Å². The lowest BCUT2D eigenvalue weighted by Crippen LogP contribution is -2.26. The Bertz CT molecular complexity index is 1110. The summed E-state index contributed by atoms with van der Waals surface area (Å²) in [4.78, 5) is 31.4. The highest BCUT2D eigenvalue weighted by atomic mass is 19.1. The molecule has 1 aromatic carbocycles. The zero-order valence-corrected chi connectivity index (χ0v) is 16.4. The van der Waals surface area contributed by atoms with Gasteiger partial charge >= 0.3 is 0 Å². The Morgan fingerprint density at radius 3 is 2.50 bits per heavy atom. The fraction of sp³-hybridized carbons (Fsp3) is 0.286. The largest absolute Gasteiger partial charge is 0.341 e. The number of carbonyl (C=O) groups is 1. The van der Waals surface area contributed by atoms with Crippen molar-refractivity contribution in [2.75, 3.05) is 13.6 Å². The highest BCUT2D eigenvalue weighted by Crippen LogP contribution is 2.20. The van der Waals surface area contributed by atoms with Gasteiger partial charge in [0.25, 0.3) is 11.5 Å². The maximum atomic E-state index is 13.4. The number of nitrogens with zero attached hydrogens (tertiary/aromatic N) is 4. The molecule has 2 aromatic heterocycles. The van der Waals surface area contributed by atoms with E-state index in [0.29, 0.717) is 24.3 Å². The molecule has 0 aliphatic carbocycles. The van der Waals surface area contributed by atoms with Crippen molar-refractivity contribution in [1.29, 1.82) is 0 Å². The minimum absolute atomic E-state index is 0.181. The Hall–Kier alpha value is -3.22. The van der Waals surface area contributed by atoms with Crippen LogP contribution in [0.25, 0.3) is 16.9 Å². The summed E-state index contributed by atoms with van der Waals surface area (Å²) < 4.78 is 16.5. The fourth-order valence-electron chi connectivity index (χ4n) is 2.83. The minimum atomic E-state index is -0.346. The van der Waals surface area contributed by atoms with E-state index in [4.69, 9.17) is 0 Å². The number of amides is 1. The van der Waals surface area contributed by atoms with E-state index in [2.05, 4.69) is 4.98 Å². The van der Waals surface area contributed by atoms with Crippen molar-refractivity contribution in [2.24, 2.45) is 0 Å². The third-order valence-corrected chi connectivity index (χ3v) is 4.58. The van der Waals surface area contributed by atoms with Crippen LogP contribution in [0.4, 0.5) is 4.39 Å². The molecule has 0 saturated heterocycles. The Morgan fingerprint density at radius 1 is 1.21 bits per heavy atom. The van der Waals surface area contributed by atoms with Crippen LogP contribution in [-0.2, 0) is 6.54 Å². The summed E-state index contributed by atoms with van der Waals surface area (Å²) in [6.45, 7) is 6.67. The van der Waals surface area contributed by atoms with E-state index in [-0.39, 0.29) is 28.6 Å². The fourth-order valence-corrected chi connectivity index (χ4v) is 2.83. The summed E-state index contributed by atoms with van der Waals surface area (Å²) in [5.74, 6) is -0.592. The van der Waals surface area contributed by atoms with Crippen LogP contribution in [0.1, 0.15) is 31.3 Å². The zero-order chi connectivity index (χ0) is 20.4. The molecule has 28 heavy (non-hydrogen) atoms. The van der Waals surface area contributed by atoms with Gasteiger partial charge in [-0.25, -0.2) is 9.37 Å². The maximum Gasteiger partial charge on any atom is 0.295 e. The molecule has 1 amide bonds. The van der Waals surface area contributed by atoms with Crippen LogP contribution in [0.2, 0.25) is 0 Å². The first-order valence-corrected chi connectivity index (χ1v) is 9.09. The minimum Gasteiger partial charge on any atom is -0.341 e. The maximum absolute atomic E-state index is 13.4. The second-order valence-electron chi connectivity index (χ2n) is 6.89. The van der Waals surface area contributed by atoms with Gasteiger partial charge in [0, 0.05) is 32.5 Å². The van der Waals surface area contributed by atoms with Gasteiger partial charge in [-0.15, -0.1) is 0 Å². The smallest absolute Gasteiger partial charge is 0.295 e. The van der Waals surface area contributed by atoms with Crippen molar-refractivity contribution >= 4 is 11.6 Å². The molecule has 0 spiro atoms. The average molecular weight is 382 g/mol. The van der Waals surface area contributed by atoms with E-state index in [1.807, 2.05) is 26.8 Å². The van der Waals surface area contributed by atoms with Crippen LogP contribution >= 0.6 is 0 Å². The van der Waals surface area contributed by atoms with Crippen molar-refractivity contribution in [2.45, 2.75) is 27.3 Å². The molecule has 0 N–H and O–H groups in total. The molecule has 0 unspecified atom stereocenters. The summed E-state index contributed by atoms with van der Waals surface area (Å²) in [6.07, 6.45) is 5.24. The van der Waals surface area contributed by atoms with Crippen molar-refractivity contribution in [1.82, 2.24) is 18.9 Å². The van der Waals surface area contributed by atoms with Gasteiger partial charge in [0.05, 0.1) is 5.69 Å². The first-order chi connectivity index (χ1) is 13.3. The number of imidazole rings is 1. The molecule has 0 atom stereocenters. The second kappa shape index (κ2) is 7.80. The average Bonchev–Trinajstić information content (AvgIpc) is 3.11. The topological polar surface area (TPSA) is 59.6 Å². The molecule has 3 rings (SSSR count). The highest BCUT2D eigenvalue weighted by Gasteiger charge is 2.18. The van der Waals surface area contributed by atoms with Gasteiger partial charge in [-0.1, -0.05) is 11.6 Å². The molecular weight excluding hydrogens is 359 g/mol. The highest BCUT2D eigenvalue weighted by molar-refractivity contribution is 5.92. The van der Waals surface area contributed by atoms with Crippen molar-refractivity contribution in [3.8, 4) is 11.3 Å². The zero-order valence-electron chi connectivity index (χ0n) is 16.4. The molecule has 0 radical (unpaired) electrons. The number of hydrogen-bond donors (Lipinski definition) is 0. The van der Waals surface area contributed by atoms with Crippen LogP contribution in [0.3, 0.4) is 0 Å². The van der Waals surface area contributed by atoms with Crippen molar-refractivity contribution in [3.63, 3.8) is 0 Å². The number of halogens is 1. The van der Waals surface area contributed by atoms with Gasteiger partial charge in [0.2, 0.25) is 5.65 Å². The van der Waals surface area contributed by atoms with Gasteiger partial charge in [-0.2, -0.15) is 0 Å². The van der Waals surface area contributed by atoms with Gasteiger partial charge in [-0.05, 0) is 50.6 Å². The van der Waals surface area contributed by atoms with E-state index < -0.39 is 0 Å². The number of fused-ring (bicyclic) bond motifs is 1. The third-order valence-electron chi connectivity index (χ3n) is 4.58. The summed E-state index contributed by atoms with van der Waals surface area (Å²) in [5, 5.41) is 0. The molecule has 7 heteroatoms. The Kier molecular flexibility index (Phi) is 5.44. The first kappa shape index (κ1) is 19.5. The summed E-state index contributed by atoms with van der Waals surface area (Å²) >= 11 is 0. The lowest BCUT2D eigenvalue weighted by Gasteiger charge is -2.12. The summed E-state index contributed by atoms with van der Waals surface area (Å²) in [5.41, 5.74) is 2.48. The van der Waals surface area contributed by atoms with Crippen LogP contribution < -0.4 is 5.56 Å². The van der Waals surface area contributed by atoms with Gasteiger partial charge < -0.3 is 4.90 Å².